The number of rotatable bonds is 16. The minimum atomic E-state index is -0.565. The zero-order valence-electron chi connectivity index (χ0n) is 20.1. The summed E-state index contributed by atoms with van der Waals surface area (Å²) in [4.78, 5) is 0. The minimum Gasteiger partial charge on any atom is -0.504 e. The van der Waals surface area contributed by atoms with Gasteiger partial charge in [0.05, 0.1) is 13.2 Å². The van der Waals surface area contributed by atoms with Crippen LogP contribution in [0.25, 0.3) is 0 Å². The van der Waals surface area contributed by atoms with E-state index in [1.165, 1.54) is 25.7 Å². The van der Waals surface area contributed by atoms with Gasteiger partial charge in [-0.25, -0.2) is 0 Å². The maximum atomic E-state index is 10.3. The number of aliphatic hydroxyl groups excluding tert-OH is 1. The number of hydrogen-bond acceptors (Lipinski definition) is 4. The molecule has 1 rings (SSSR count). The highest BCUT2D eigenvalue weighted by atomic mass is 16.5. The Morgan fingerprint density at radius 2 is 1.67 bits per heavy atom. The first-order valence-electron chi connectivity index (χ1n) is 12.0. The molecular formula is C26H47NO3. The number of aromatic hydroxyl groups is 1. The fourth-order valence-corrected chi connectivity index (χ4v) is 4.09. The molecule has 0 radical (unpaired) electrons. The third kappa shape index (κ3) is 11.2. The molecule has 0 aliphatic rings. The molecule has 4 nitrogen and oxygen atoms in total. The van der Waals surface area contributed by atoms with E-state index in [1.54, 1.807) is 6.07 Å². The maximum Gasteiger partial charge on any atom is 0.160 e. The van der Waals surface area contributed by atoms with E-state index in [1.807, 2.05) is 12.1 Å². The number of phenols is 1. The topological polar surface area (TPSA) is 75.7 Å². The van der Waals surface area contributed by atoms with Gasteiger partial charge in [-0.05, 0) is 67.6 Å². The summed E-state index contributed by atoms with van der Waals surface area (Å²) in [6, 6.07) is 5.59. The summed E-state index contributed by atoms with van der Waals surface area (Å²) in [5.74, 6) is 2.75. The first-order valence-corrected chi connectivity index (χ1v) is 12.0. The van der Waals surface area contributed by atoms with E-state index < -0.39 is 5.54 Å². The zero-order valence-corrected chi connectivity index (χ0v) is 20.1. The monoisotopic (exact) mass is 421 g/mol. The zero-order chi connectivity index (χ0) is 22.6. The van der Waals surface area contributed by atoms with Gasteiger partial charge in [-0.3, -0.25) is 0 Å². The van der Waals surface area contributed by atoms with Crippen molar-refractivity contribution < 1.29 is 14.9 Å². The van der Waals surface area contributed by atoms with E-state index in [0.717, 1.165) is 43.1 Å². The highest BCUT2D eigenvalue weighted by Gasteiger charge is 2.25. The van der Waals surface area contributed by atoms with Gasteiger partial charge in [-0.1, -0.05) is 66.4 Å². The maximum absolute atomic E-state index is 10.3. The number of aryl methyl sites for hydroxylation is 1. The lowest BCUT2D eigenvalue weighted by Gasteiger charge is -2.29. The van der Waals surface area contributed by atoms with E-state index in [-0.39, 0.29) is 12.4 Å². The summed E-state index contributed by atoms with van der Waals surface area (Å²) in [5, 5.41) is 20.0. The standard InChI is InChI=1S/C26H47NO3/c1-20(2)9-8-11-22(5)10-6-7-16-30-25-13-12-23(17-24(25)29)14-15-26(27,19-28)18-21(3)4/h12-13,17,20-22,28-29H,6-11,14-16,18-19,27H2,1-5H3. The number of nitrogens with two attached hydrogens (primary N) is 1. The Morgan fingerprint density at radius 1 is 0.967 bits per heavy atom. The van der Waals surface area contributed by atoms with E-state index in [2.05, 4.69) is 34.6 Å². The van der Waals surface area contributed by atoms with Crippen molar-refractivity contribution in [1.82, 2.24) is 0 Å². The predicted octanol–water partition coefficient (Wildman–Crippen LogP) is 6.07. The van der Waals surface area contributed by atoms with Gasteiger partial charge in [-0.2, -0.15) is 0 Å². The molecule has 1 aromatic carbocycles. The van der Waals surface area contributed by atoms with Crippen LogP contribution in [0.3, 0.4) is 0 Å². The van der Waals surface area contributed by atoms with E-state index in [4.69, 9.17) is 10.5 Å². The van der Waals surface area contributed by atoms with Crippen LogP contribution in [0.2, 0.25) is 0 Å². The molecule has 0 fully saturated rings. The predicted molar refractivity (Wildman–Crippen MR) is 127 cm³/mol. The van der Waals surface area contributed by atoms with Crippen molar-refractivity contribution >= 4 is 0 Å². The normalized spacial score (nSPS) is 14.8. The molecule has 0 aromatic heterocycles. The third-order valence-electron chi connectivity index (χ3n) is 5.89. The molecule has 4 heteroatoms. The summed E-state index contributed by atoms with van der Waals surface area (Å²) >= 11 is 0. The summed E-state index contributed by atoms with van der Waals surface area (Å²) < 4.78 is 5.79. The van der Waals surface area contributed by atoms with Crippen LogP contribution < -0.4 is 10.5 Å². The van der Waals surface area contributed by atoms with Crippen molar-refractivity contribution in [1.29, 1.82) is 0 Å². The van der Waals surface area contributed by atoms with Gasteiger partial charge in [0, 0.05) is 5.54 Å². The average molecular weight is 422 g/mol. The van der Waals surface area contributed by atoms with Gasteiger partial charge in [0.1, 0.15) is 0 Å². The molecular weight excluding hydrogens is 374 g/mol. The Hall–Kier alpha value is -1.26. The lowest BCUT2D eigenvalue weighted by atomic mass is 9.85. The molecule has 0 spiro atoms. The van der Waals surface area contributed by atoms with Crippen LogP contribution in [0, 0.1) is 17.8 Å². The van der Waals surface area contributed by atoms with Gasteiger partial charge < -0.3 is 20.7 Å². The average Bonchev–Trinajstić information content (AvgIpc) is 2.66. The first-order chi connectivity index (χ1) is 14.1. The molecule has 0 aliphatic carbocycles. The van der Waals surface area contributed by atoms with Crippen molar-refractivity contribution in [3.8, 4) is 11.5 Å². The van der Waals surface area contributed by atoms with Gasteiger partial charge in [0.15, 0.2) is 11.5 Å². The second kappa shape index (κ2) is 13.9. The Morgan fingerprint density at radius 3 is 2.27 bits per heavy atom. The molecule has 174 valence electrons. The number of benzene rings is 1. The van der Waals surface area contributed by atoms with Crippen molar-refractivity contribution in [2.75, 3.05) is 13.2 Å². The Bertz CT molecular complexity index is 588. The summed E-state index contributed by atoms with van der Waals surface area (Å²) in [6.45, 7) is 11.8. The number of unbranched alkanes of at least 4 members (excludes halogenated alkanes) is 1. The van der Waals surface area contributed by atoms with Gasteiger partial charge in [-0.15, -0.1) is 0 Å². The number of hydrogen-bond donors (Lipinski definition) is 3. The fraction of sp³-hybridized carbons (Fsp3) is 0.769. The molecule has 1 aromatic rings. The van der Waals surface area contributed by atoms with Crippen LogP contribution in [-0.4, -0.2) is 29.0 Å². The highest BCUT2D eigenvalue weighted by Crippen LogP contribution is 2.29. The molecule has 0 heterocycles. The quantitative estimate of drug-likeness (QED) is 0.283. The van der Waals surface area contributed by atoms with E-state index in [0.29, 0.717) is 24.7 Å². The van der Waals surface area contributed by atoms with Crippen LogP contribution in [0.15, 0.2) is 18.2 Å². The number of aliphatic hydroxyl groups is 1. The molecule has 0 saturated carbocycles. The van der Waals surface area contributed by atoms with Crippen molar-refractivity contribution in [2.45, 2.75) is 97.9 Å². The molecule has 2 unspecified atom stereocenters. The molecule has 0 aliphatic heterocycles. The van der Waals surface area contributed by atoms with E-state index >= 15 is 0 Å². The Labute approximate surface area is 185 Å². The largest absolute Gasteiger partial charge is 0.504 e. The van der Waals surface area contributed by atoms with Crippen LogP contribution >= 0.6 is 0 Å². The van der Waals surface area contributed by atoms with Gasteiger partial charge >= 0.3 is 0 Å². The number of ether oxygens (including phenoxy) is 1. The van der Waals surface area contributed by atoms with Crippen LogP contribution in [0.1, 0.15) is 91.5 Å². The van der Waals surface area contributed by atoms with Crippen LogP contribution in [-0.2, 0) is 6.42 Å². The van der Waals surface area contributed by atoms with Crippen LogP contribution in [0.4, 0.5) is 0 Å². The summed E-state index contributed by atoms with van der Waals surface area (Å²) in [5.41, 5.74) is 6.78. The van der Waals surface area contributed by atoms with Crippen molar-refractivity contribution in [2.24, 2.45) is 23.5 Å². The lowest BCUT2D eigenvalue weighted by molar-refractivity contribution is 0.165. The Kier molecular flexibility index (Phi) is 12.4. The smallest absolute Gasteiger partial charge is 0.160 e. The van der Waals surface area contributed by atoms with Gasteiger partial charge in [0.25, 0.3) is 0 Å². The molecule has 4 N–H and O–H groups in total. The second-order valence-electron chi connectivity index (χ2n) is 10.2. The van der Waals surface area contributed by atoms with E-state index in [9.17, 15) is 10.2 Å². The Balaban J connectivity index is 2.33. The minimum absolute atomic E-state index is 0.0191. The summed E-state index contributed by atoms with van der Waals surface area (Å²) in [6.07, 6.45) is 9.60. The summed E-state index contributed by atoms with van der Waals surface area (Å²) in [7, 11) is 0. The van der Waals surface area contributed by atoms with Crippen LogP contribution in [0.5, 0.6) is 11.5 Å². The second-order valence-corrected chi connectivity index (χ2v) is 10.2. The highest BCUT2D eigenvalue weighted by molar-refractivity contribution is 5.41. The SMILES string of the molecule is CC(C)CCCC(C)CCCCOc1ccc(CCC(N)(CO)CC(C)C)cc1O. The van der Waals surface area contributed by atoms with Crippen molar-refractivity contribution in [3.05, 3.63) is 23.8 Å². The third-order valence-corrected chi connectivity index (χ3v) is 5.89. The fourth-order valence-electron chi connectivity index (χ4n) is 4.09. The molecule has 0 amide bonds. The van der Waals surface area contributed by atoms with Crippen molar-refractivity contribution in [3.63, 3.8) is 0 Å². The first kappa shape index (κ1) is 26.8. The number of phenolic OH excluding ortho intramolecular Hbond substituents is 1. The molecule has 2 atom stereocenters. The van der Waals surface area contributed by atoms with Gasteiger partial charge in [0.2, 0.25) is 0 Å². The lowest BCUT2D eigenvalue weighted by Crippen LogP contribution is -2.45. The molecule has 30 heavy (non-hydrogen) atoms. The molecule has 0 bridgehead atoms. The molecule has 0 saturated heterocycles.